The molecule has 1 fully saturated rings. The molecule has 0 aliphatic carbocycles. The maximum Gasteiger partial charge on any atom is 0.433 e. The van der Waals surface area contributed by atoms with Crippen molar-refractivity contribution >= 4 is 29.1 Å². The van der Waals surface area contributed by atoms with Gasteiger partial charge in [0.1, 0.15) is 5.02 Å². The lowest BCUT2D eigenvalue weighted by Crippen LogP contribution is -2.50. The molecule has 0 saturated carbocycles. The number of aromatic nitrogens is 3. The minimum atomic E-state index is -4.83. The summed E-state index contributed by atoms with van der Waals surface area (Å²) < 4.78 is 53.4. The summed E-state index contributed by atoms with van der Waals surface area (Å²) in [4.78, 5) is 33.4. The van der Waals surface area contributed by atoms with Crippen LogP contribution < -0.4 is 9.47 Å². The lowest BCUT2D eigenvalue weighted by atomic mass is 10.1. The van der Waals surface area contributed by atoms with E-state index in [1.807, 2.05) is 6.07 Å². The van der Waals surface area contributed by atoms with E-state index in [1.54, 1.807) is 35.2 Å². The van der Waals surface area contributed by atoms with Gasteiger partial charge in [0.2, 0.25) is 0 Å². The smallest absolute Gasteiger partial charge is 0.433 e. The molecular weight excluding hydrogens is 551 g/mol. The number of carbonyl (C=O) groups excluding carboxylic acids is 2. The van der Waals surface area contributed by atoms with E-state index >= 15 is 0 Å². The second-order valence-corrected chi connectivity index (χ2v) is 9.32. The van der Waals surface area contributed by atoms with E-state index in [9.17, 15) is 22.8 Å². The van der Waals surface area contributed by atoms with Crippen molar-refractivity contribution in [3.8, 4) is 22.8 Å². The molecule has 1 aliphatic heterocycles. The van der Waals surface area contributed by atoms with E-state index in [0.29, 0.717) is 27.1 Å². The highest BCUT2D eigenvalue weighted by Crippen LogP contribution is 2.37. The molecule has 2 amide bonds. The van der Waals surface area contributed by atoms with Gasteiger partial charge in [-0.05, 0) is 36.4 Å². The van der Waals surface area contributed by atoms with Gasteiger partial charge >= 0.3 is 6.18 Å². The van der Waals surface area contributed by atoms with Crippen LogP contribution >= 0.6 is 11.6 Å². The maximum absolute atomic E-state index is 14.1. The zero-order valence-electron chi connectivity index (χ0n) is 21.4. The van der Waals surface area contributed by atoms with Gasteiger partial charge in [0.05, 0.1) is 19.9 Å². The first-order valence-electron chi connectivity index (χ1n) is 12.1. The largest absolute Gasteiger partial charge is 0.493 e. The molecule has 0 radical (unpaired) electrons. The molecule has 208 valence electrons. The molecule has 40 heavy (non-hydrogen) atoms. The van der Waals surface area contributed by atoms with E-state index in [0.717, 1.165) is 6.07 Å². The van der Waals surface area contributed by atoms with Crippen LogP contribution in [-0.2, 0) is 6.18 Å². The van der Waals surface area contributed by atoms with Crippen LogP contribution in [0.5, 0.6) is 11.5 Å². The molecule has 1 aliphatic rings. The molecular formula is C27H23ClF3N5O4. The van der Waals surface area contributed by atoms with E-state index in [-0.39, 0.29) is 54.1 Å². The average molecular weight is 574 g/mol. The Labute approximate surface area is 231 Å². The van der Waals surface area contributed by atoms with Crippen molar-refractivity contribution in [2.45, 2.75) is 6.18 Å². The summed E-state index contributed by atoms with van der Waals surface area (Å²) in [6, 6.07) is 14.1. The number of methoxy groups -OCH3 is 2. The quantitative estimate of drug-likeness (QED) is 0.344. The van der Waals surface area contributed by atoms with Crippen molar-refractivity contribution in [3.63, 3.8) is 0 Å². The van der Waals surface area contributed by atoms with Crippen LogP contribution in [0, 0.1) is 0 Å². The van der Waals surface area contributed by atoms with Crippen LogP contribution in [0.2, 0.25) is 5.02 Å². The second kappa shape index (κ2) is 10.7. The Morgan fingerprint density at radius 3 is 2.10 bits per heavy atom. The van der Waals surface area contributed by atoms with Crippen LogP contribution in [0.4, 0.5) is 13.2 Å². The normalized spacial score (nSPS) is 13.9. The number of benzene rings is 2. The zero-order valence-corrected chi connectivity index (χ0v) is 22.2. The molecule has 1 saturated heterocycles. The molecule has 2 aromatic heterocycles. The van der Waals surface area contributed by atoms with Gasteiger partial charge in [-0.2, -0.15) is 18.3 Å². The summed E-state index contributed by atoms with van der Waals surface area (Å²) in [6.07, 6.45) is -4.83. The number of piperazine rings is 1. The number of hydrogen-bond donors (Lipinski definition) is 0. The monoisotopic (exact) mass is 573 g/mol. The van der Waals surface area contributed by atoms with Gasteiger partial charge in [-0.1, -0.05) is 29.8 Å². The summed E-state index contributed by atoms with van der Waals surface area (Å²) in [6.45, 7) is 0.829. The van der Waals surface area contributed by atoms with Gasteiger partial charge in [0, 0.05) is 37.3 Å². The fourth-order valence-corrected chi connectivity index (χ4v) is 4.74. The Hall–Kier alpha value is -4.32. The van der Waals surface area contributed by atoms with Gasteiger partial charge in [0.15, 0.2) is 28.5 Å². The van der Waals surface area contributed by atoms with E-state index < -0.39 is 17.8 Å². The second-order valence-electron chi connectivity index (χ2n) is 8.94. The highest BCUT2D eigenvalue weighted by Gasteiger charge is 2.37. The number of halogens is 4. The molecule has 0 bridgehead atoms. The molecule has 5 rings (SSSR count). The highest BCUT2D eigenvalue weighted by atomic mass is 35.5. The predicted octanol–water partition coefficient (Wildman–Crippen LogP) is 4.68. The Balaban J connectivity index is 1.46. The molecule has 0 unspecified atom stereocenters. The number of amides is 2. The van der Waals surface area contributed by atoms with Crippen LogP contribution in [0.25, 0.3) is 16.9 Å². The first-order valence-corrected chi connectivity index (χ1v) is 12.5. The molecule has 4 aromatic rings. The van der Waals surface area contributed by atoms with Crippen molar-refractivity contribution in [2.75, 3.05) is 40.4 Å². The Morgan fingerprint density at radius 1 is 0.875 bits per heavy atom. The van der Waals surface area contributed by atoms with Gasteiger partial charge in [-0.25, -0.2) is 9.50 Å². The van der Waals surface area contributed by atoms with Crippen LogP contribution in [0.15, 0.2) is 54.6 Å². The summed E-state index contributed by atoms with van der Waals surface area (Å²) in [5, 5.41) is 3.63. The lowest BCUT2D eigenvalue weighted by Gasteiger charge is -2.34. The van der Waals surface area contributed by atoms with Gasteiger partial charge in [-0.3, -0.25) is 9.59 Å². The third-order valence-corrected chi connectivity index (χ3v) is 6.93. The summed E-state index contributed by atoms with van der Waals surface area (Å²) in [7, 11) is 2.84. The number of alkyl halides is 3. The number of ether oxygens (including phenoxy) is 2. The van der Waals surface area contributed by atoms with Crippen molar-refractivity contribution in [1.82, 2.24) is 24.4 Å². The maximum atomic E-state index is 14.1. The minimum absolute atomic E-state index is 0.0467. The lowest BCUT2D eigenvalue weighted by molar-refractivity contribution is -0.142. The van der Waals surface area contributed by atoms with Crippen molar-refractivity contribution in [1.29, 1.82) is 0 Å². The number of nitrogens with zero attached hydrogens (tertiary/aromatic N) is 5. The SMILES string of the molecule is COc1ccc(-c2cc(C(F)(F)F)n3nc(C(=O)N4CCN(C(=O)c5ccccc5)CC4)c(Cl)c3n2)cc1OC. The average Bonchev–Trinajstić information content (AvgIpc) is 3.31. The zero-order chi connectivity index (χ0) is 28.6. The predicted molar refractivity (Wildman–Crippen MR) is 140 cm³/mol. The third kappa shape index (κ3) is 5.02. The van der Waals surface area contributed by atoms with Gasteiger partial charge in [-0.15, -0.1) is 0 Å². The fourth-order valence-electron chi connectivity index (χ4n) is 4.50. The van der Waals surface area contributed by atoms with Gasteiger partial charge < -0.3 is 19.3 Å². The summed E-state index contributed by atoms with van der Waals surface area (Å²) in [5.41, 5.74) is -1.03. The van der Waals surface area contributed by atoms with Crippen LogP contribution in [0.3, 0.4) is 0 Å². The van der Waals surface area contributed by atoms with E-state index in [1.165, 1.54) is 31.3 Å². The van der Waals surface area contributed by atoms with E-state index in [4.69, 9.17) is 21.1 Å². The van der Waals surface area contributed by atoms with Crippen LogP contribution in [0.1, 0.15) is 26.5 Å². The Bertz CT molecular complexity index is 1580. The van der Waals surface area contributed by atoms with Gasteiger partial charge in [0.25, 0.3) is 11.8 Å². The summed E-state index contributed by atoms with van der Waals surface area (Å²) in [5.74, 6) is -0.122. The molecule has 0 atom stereocenters. The standard InChI is InChI=1S/C27H23ClF3N5O4/c1-39-19-9-8-17(14-20(19)40-2)18-15-21(27(29,30)31)36-24(32-18)22(28)23(33-36)26(38)35-12-10-34(11-13-35)25(37)16-6-4-3-5-7-16/h3-9,14-15H,10-13H2,1-2H3. The molecule has 0 N–H and O–H groups in total. The number of fused-ring (bicyclic) bond motifs is 1. The number of hydrogen-bond acceptors (Lipinski definition) is 6. The van der Waals surface area contributed by atoms with Crippen molar-refractivity contribution < 1.29 is 32.2 Å². The number of rotatable bonds is 5. The third-order valence-electron chi connectivity index (χ3n) is 6.58. The summed E-state index contributed by atoms with van der Waals surface area (Å²) >= 11 is 6.45. The van der Waals surface area contributed by atoms with Crippen LogP contribution in [-0.4, -0.2) is 76.6 Å². The first-order chi connectivity index (χ1) is 19.1. The molecule has 3 heterocycles. The first kappa shape index (κ1) is 27.3. The van der Waals surface area contributed by atoms with Crippen molar-refractivity contribution in [2.24, 2.45) is 0 Å². The fraction of sp³-hybridized carbons (Fsp3) is 0.259. The topological polar surface area (TPSA) is 89.3 Å². The Kier molecular flexibility index (Phi) is 7.28. The Morgan fingerprint density at radius 2 is 1.50 bits per heavy atom. The van der Waals surface area contributed by atoms with E-state index in [2.05, 4.69) is 10.1 Å². The highest BCUT2D eigenvalue weighted by molar-refractivity contribution is 6.36. The molecule has 2 aromatic carbocycles. The molecule has 13 heteroatoms. The minimum Gasteiger partial charge on any atom is -0.493 e. The molecule has 9 nitrogen and oxygen atoms in total. The van der Waals surface area contributed by atoms with Crippen molar-refractivity contribution in [3.05, 3.63) is 76.6 Å². The number of carbonyl (C=O) groups is 2. The molecule has 0 spiro atoms.